The van der Waals surface area contributed by atoms with Crippen molar-refractivity contribution >= 4 is 23.4 Å². The zero-order valence-corrected chi connectivity index (χ0v) is 15.8. The molecule has 1 aromatic rings. The fourth-order valence-electron chi connectivity index (χ4n) is 2.35. The van der Waals surface area contributed by atoms with Crippen molar-refractivity contribution in [1.82, 2.24) is 9.80 Å². The molecule has 0 radical (unpaired) electrons. The lowest BCUT2D eigenvalue weighted by Crippen LogP contribution is -3.11. The molecule has 0 heterocycles. The molecule has 2 N–H and O–H groups in total. The first-order valence-electron chi connectivity index (χ1n) is 8.49. The fraction of sp³-hybridized carbons (Fsp3) is 0.500. The van der Waals surface area contributed by atoms with Gasteiger partial charge in [-0.3, -0.25) is 14.4 Å². The van der Waals surface area contributed by atoms with E-state index in [-0.39, 0.29) is 30.8 Å². The normalized spacial score (nSPS) is 11.6. The molecule has 3 amide bonds. The number of carbonyl (C=O) groups excluding carboxylic acids is 3. The first-order valence-corrected chi connectivity index (χ1v) is 8.49. The van der Waals surface area contributed by atoms with Crippen molar-refractivity contribution in [2.24, 2.45) is 0 Å². The van der Waals surface area contributed by atoms with Crippen LogP contribution in [0.3, 0.4) is 0 Å². The van der Waals surface area contributed by atoms with Gasteiger partial charge in [0.05, 0.1) is 7.05 Å². The van der Waals surface area contributed by atoms with Gasteiger partial charge in [-0.25, -0.2) is 0 Å². The van der Waals surface area contributed by atoms with Gasteiger partial charge in [-0.15, -0.1) is 0 Å². The number of anilines is 1. The van der Waals surface area contributed by atoms with E-state index in [1.165, 1.54) is 4.90 Å². The third-order valence-electron chi connectivity index (χ3n) is 3.88. The van der Waals surface area contributed by atoms with E-state index in [9.17, 15) is 14.4 Å². The second-order valence-corrected chi connectivity index (χ2v) is 6.20. The molecule has 1 rings (SSSR count). The summed E-state index contributed by atoms with van der Waals surface area (Å²) in [6.07, 6.45) is 0. The summed E-state index contributed by atoms with van der Waals surface area (Å²) in [6.45, 7) is 5.66. The molecule has 0 bridgehead atoms. The highest BCUT2D eigenvalue weighted by Crippen LogP contribution is 2.11. The Kier molecular flexibility index (Phi) is 8.07. The SMILES string of the molecule is CCN(CC)C(=O)c1ccc(NC(=O)C[NH+](C)CC(=O)N(C)C)cc1. The molecule has 1 atom stereocenters. The fourth-order valence-corrected chi connectivity index (χ4v) is 2.35. The number of nitrogens with zero attached hydrogens (tertiary/aromatic N) is 2. The maximum Gasteiger partial charge on any atom is 0.279 e. The van der Waals surface area contributed by atoms with Crippen LogP contribution in [0.2, 0.25) is 0 Å². The molecule has 0 spiro atoms. The van der Waals surface area contributed by atoms with Crippen LogP contribution in [-0.2, 0) is 9.59 Å². The zero-order chi connectivity index (χ0) is 19.0. The van der Waals surface area contributed by atoms with Gasteiger partial charge in [0.2, 0.25) is 0 Å². The smallest absolute Gasteiger partial charge is 0.279 e. The number of amides is 3. The van der Waals surface area contributed by atoms with Crippen LogP contribution in [0.1, 0.15) is 24.2 Å². The van der Waals surface area contributed by atoms with E-state index in [0.29, 0.717) is 24.3 Å². The van der Waals surface area contributed by atoms with Crippen LogP contribution in [0.25, 0.3) is 0 Å². The summed E-state index contributed by atoms with van der Waals surface area (Å²) >= 11 is 0. The van der Waals surface area contributed by atoms with E-state index >= 15 is 0 Å². The molecule has 0 aliphatic heterocycles. The minimum absolute atomic E-state index is 0.0192. The number of nitrogens with one attached hydrogen (secondary N) is 2. The topological polar surface area (TPSA) is 74.2 Å². The first kappa shape index (κ1) is 20.6. The number of quaternary nitrogens is 1. The molecule has 0 saturated carbocycles. The van der Waals surface area contributed by atoms with Crippen LogP contribution in [-0.4, -0.2) is 74.8 Å². The molecule has 1 unspecified atom stereocenters. The summed E-state index contributed by atoms with van der Waals surface area (Å²) in [5.41, 5.74) is 1.23. The van der Waals surface area contributed by atoms with Crippen molar-refractivity contribution in [3.63, 3.8) is 0 Å². The van der Waals surface area contributed by atoms with E-state index in [4.69, 9.17) is 0 Å². The zero-order valence-electron chi connectivity index (χ0n) is 15.8. The van der Waals surface area contributed by atoms with Gasteiger partial charge in [0.15, 0.2) is 13.1 Å². The van der Waals surface area contributed by atoms with E-state index in [1.807, 2.05) is 13.8 Å². The number of likely N-dealkylation sites (N-methyl/N-ethyl adjacent to an activating group) is 2. The van der Waals surface area contributed by atoms with E-state index in [2.05, 4.69) is 5.32 Å². The Balaban J connectivity index is 2.58. The highest BCUT2D eigenvalue weighted by Gasteiger charge is 2.16. The maximum atomic E-state index is 12.2. The Labute approximate surface area is 149 Å². The van der Waals surface area contributed by atoms with Crippen molar-refractivity contribution in [3.05, 3.63) is 29.8 Å². The number of hydrogen-bond donors (Lipinski definition) is 2. The van der Waals surface area contributed by atoms with Gasteiger partial charge in [0, 0.05) is 38.4 Å². The maximum absolute atomic E-state index is 12.2. The first-order chi connectivity index (χ1) is 11.8. The molecule has 0 aliphatic carbocycles. The molecule has 0 saturated heterocycles. The molecule has 0 fully saturated rings. The van der Waals surface area contributed by atoms with Crippen molar-refractivity contribution < 1.29 is 19.3 Å². The van der Waals surface area contributed by atoms with Crippen LogP contribution >= 0.6 is 0 Å². The van der Waals surface area contributed by atoms with Crippen LogP contribution in [0, 0.1) is 0 Å². The highest BCUT2D eigenvalue weighted by atomic mass is 16.2. The Bertz CT molecular complexity index is 595. The number of carbonyl (C=O) groups is 3. The summed E-state index contributed by atoms with van der Waals surface area (Å²) < 4.78 is 0. The summed E-state index contributed by atoms with van der Waals surface area (Å²) in [5.74, 6) is -0.217. The number of benzene rings is 1. The Morgan fingerprint density at radius 1 is 1.00 bits per heavy atom. The predicted octanol–water partition coefficient (Wildman–Crippen LogP) is -0.290. The molecule has 1 aromatic carbocycles. The average Bonchev–Trinajstić information content (AvgIpc) is 2.56. The molecule has 0 aliphatic rings. The average molecular weight is 349 g/mol. The summed E-state index contributed by atoms with van der Waals surface area (Å²) in [6, 6.07) is 6.86. The molecule has 7 heteroatoms. The van der Waals surface area contributed by atoms with Gasteiger partial charge in [-0.05, 0) is 38.1 Å². The second-order valence-electron chi connectivity index (χ2n) is 6.20. The van der Waals surface area contributed by atoms with E-state index in [0.717, 1.165) is 4.90 Å². The number of hydrogen-bond acceptors (Lipinski definition) is 3. The van der Waals surface area contributed by atoms with E-state index in [1.54, 1.807) is 50.3 Å². The largest absolute Gasteiger partial charge is 0.344 e. The molecular formula is C18H29N4O3+. The second kappa shape index (κ2) is 9.78. The molecule has 25 heavy (non-hydrogen) atoms. The van der Waals surface area contributed by atoms with Gasteiger partial charge >= 0.3 is 0 Å². The monoisotopic (exact) mass is 349 g/mol. The predicted molar refractivity (Wildman–Crippen MR) is 97.6 cm³/mol. The summed E-state index contributed by atoms with van der Waals surface area (Å²) in [5, 5.41) is 2.79. The van der Waals surface area contributed by atoms with Gasteiger partial charge in [0.25, 0.3) is 17.7 Å². The third-order valence-corrected chi connectivity index (χ3v) is 3.88. The Morgan fingerprint density at radius 3 is 2.04 bits per heavy atom. The molecule has 0 aromatic heterocycles. The summed E-state index contributed by atoms with van der Waals surface area (Å²) in [7, 11) is 5.18. The lowest BCUT2D eigenvalue weighted by Gasteiger charge is -2.19. The van der Waals surface area contributed by atoms with Gasteiger partial charge in [-0.2, -0.15) is 0 Å². The quantitative estimate of drug-likeness (QED) is 0.677. The Morgan fingerprint density at radius 2 is 1.56 bits per heavy atom. The standard InChI is InChI=1S/C18H28N4O3/c1-6-22(7-2)18(25)14-8-10-15(11-9-14)19-16(23)12-21(5)13-17(24)20(3)4/h8-11H,6-7,12-13H2,1-5H3,(H,19,23)/p+1. The lowest BCUT2D eigenvalue weighted by atomic mass is 10.1. The Hall–Kier alpha value is -2.41. The number of rotatable bonds is 8. The van der Waals surface area contributed by atoms with Gasteiger partial charge in [0.1, 0.15) is 0 Å². The molecular weight excluding hydrogens is 320 g/mol. The van der Waals surface area contributed by atoms with Crippen LogP contribution in [0.4, 0.5) is 5.69 Å². The third kappa shape index (κ3) is 6.54. The van der Waals surface area contributed by atoms with Crippen molar-refractivity contribution in [1.29, 1.82) is 0 Å². The minimum Gasteiger partial charge on any atom is -0.344 e. The van der Waals surface area contributed by atoms with Crippen LogP contribution < -0.4 is 10.2 Å². The lowest BCUT2D eigenvalue weighted by molar-refractivity contribution is -0.862. The molecule has 7 nitrogen and oxygen atoms in total. The van der Waals surface area contributed by atoms with Crippen molar-refractivity contribution in [2.75, 3.05) is 52.6 Å². The highest BCUT2D eigenvalue weighted by molar-refractivity contribution is 5.96. The van der Waals surface area contributed by atoms with Crippen LogP contribution in [0.5, 0.6) is 0 Å². The van der Waals surface area contributed by atoms with Crippen LogP contribution in [0.15, 0.2) is 24.3 Å². The van der Waals surface area contributed by atoms with E-state index < -0.39 is 0 Å². The summed E-state index contributed by atoms with van der Waals surface area (Å²) in [4.78, 5) is 40.0. The van der Waals surface area contributed by atoms with Gasteiger partial charge in [-0.1, -0.05) is 0 Å². The van der Waals surface area contributed by atoms with Gasteiger partial charge < -0.3 is 20.0 Å². The minimum atomic E-state index is -0.174. The molecule has 138 valence electrons. The van der Waals surface area contributed by atoms with Crippen molar-refractivity contribution in [2.45, 2.75) is 13.8 Å². The van der Waals surface area contributed by atoms with Crippen molar-refractivity contribution in [3.8, 4) is 0 Å².